The van der Waals surface area contributed by atoms with Gasteiger partial charge < -0.3 is 0 Å². The molecule has 130 valence electrons. The Balaban J connectivity index is 1.81. The van der Waals surface area contributed by atoms with Gasteiger partial charge in [-0.3, -0.25) is 25.2 Å². The van der Waals surface area contributed by atoms with Crippen LogP contribution in [-0.4, -0.2) is 17.6 Å². The van der Waals surface area contributed by atoms with Crippen LogP contribution in [0.4, 0.5) is 0 Å². The number of hydrogen-bond donors (Lipinski definition) is 2. The topological polar surface area (TPSA) is 75.3 Å². The fourth-order valence-corrected chi connectivity index (χ4v) is 2.37. The maximum atomic E-state index is 12.1. The minimum atomic E-state index is -0.476. The van der Waals surface area contributed by atoms with Crippen molar-refractivity contribution in [2.75, 3.05) is 0 Å². The maximum Gasteiger partial charge on any atom is 0.269 e. The number of hydrogen-bond acceptors (Lipinski definition) is 3. The lowest BCUT2D eigenvalue weighted by Crippen LogP contribution is -2.41. The molecule has 0 radical (unpaired) electrons. The van der Waals surface area contributed by atoms with Crippen LogP contribution in [-0.2, 0) is 4.79 Å². The van der Waals surface area contributed by atoms with Gasteiger partial charge >= 0.3 is 0 Å². The zero-order chi connectivity index (χ0) is 18.4. The maximum absolute atomic E-state index is 12.1. The van der Waals surface area contributed by atoms with Crippen molar-refractivity contribution in [3.63, 3.8) is 0 Å². The normalized spacial score (nSPS) is 10.2. The third-order valence-electron chi connectivity index (χ3n) is 3.81. The SMILES string of the molecule is Cc1ccc(C(=O)CCC(=O)NNC(=O)c2cccc(Cl)c2)cc1C. The monoisotopic (exact) mass is 358 g/mol. The van der Waals surface area contributed by atoms with E-state index in [-0.39, 0.29) is 18.6 Å². The lowest BCUT2D eigenvalue weighted by molar-refractivity contribution is -0.121. The van der Waals surface area contributed by atoms with Gasteiger partial charge in [-0.15, -0.1) is 0 Å². The van der Waals surface area contributed by atoms with Crippen LogP contribution in [0.15, 0.2) is 42.5 Å². The molecule has 25 heavy (non-hydrogen) atoms. The van der Waals surface area contributed by atoms with Gasteiger partial charge in [-0.2, -0.15) is 0 Å². The van der Waals surface area contributed by atoms with Gasteiger partial charge in [0, 0.05) is 29.0 Å². The quantitative estimate of drug-likeness (QED) is 0.635. The standard InChI is InChI=1S/C19H19ClN2O3/c1-12-6-7-14(10-13(12)2)17(23)8-9-18(24)21-22-19(25)15-4-3-5-16(20)11-15/h3-7,10-11H,8-9H2,1-2H3,(H,21,24)(H,22,25). The third kappa shape index (κ3) is 5.43. The molecule has 0 atom stereocenters. The molecule has 0 aliphatic heterocycles. The highest BCUT2D eigenvalue weighted by Gasteiger charge is 2.11. The number of benzene rings is 2. The van der Waals surface area contributed by atoms with Crippen LogP contribution in [0.3, 0.4) is 0 Å². The van der Waals surface area contributed by atoms with Gasteiger partial charge in [0.15, 0.2) is 5.78 Å². The Kier molecular flexibility index (Phi) is 6.31. The van der Waals surface area contributed by atoms with E-state index in [0.29, 0.717) is 16.1 Å². The van der Waals surface area contributed by atoms with Crippen LogP contribution in [0.5, 0.6) is 0 Å². The number of hydrazine groups is 1. The van der Waals surface area contributed by atoms with Gasteiger partial charge in [0.1, 0.15) is 0 Å². The van der Waals surface area contributed by atoms with Crippen LogP contribution in [0.1, 0.15) is 44.7 Å². The molecule has 0 fully saturated rings. The van der Waals surface area contributed by atoms with Crippen molar-refractivity contribution >= 4 is 29.2 Å². The minimum absolute atomic E-state index is 0.0123. The van der Waals surface area contributed by atoms with Gasteiger partial charge in [0.2, 0.25) is 5.91 Å². The summed E-state index contributed by atoms with van der Waals surface area (Å²) in [5, 5.41) is 0.429. The molecule has 2 aromatic rings. The van der Waals surface area contributed by atoms with Crippen LogP contribution in [0.25, 0.3) is 0 Å². The lowest BCUT2D eigenvalue weighted by Gasteiger charge is -2.08. The van der Waals surface area contributed by atoms with Crippen molar-refractivity contribution in [3.05, 3.63) is 69.7 Å². The summed E-state index contributed by atoms with van der Waals surface area (Å²) < 4.78 is 0. The highest BCUT2D eigenvalue weighted by Crippen LogP contribution is 2.12. The molecule has 5 nitrogen and oxygen atoms in total. The second-order valence-electron chi connectivity index (χ2n) is 5.73. The molecule has 0 saturated heterocycles. The molecule has 0 aliphatic rings. The van der Waals surface area contributed by atoms with Crippen molar-refractivity contribution < 1.29 is 14.4 Å². The molecule has 2 amide bonds. The first-order valence-electron chi connectivity index (χ1n) is 7.82. The number of aryl methyl sites for hydroxylation is 2. The molecule has 2 aromatic carbocycles. The molecule has 0 saturated carbocycles. The van der Waals surface area contributed by atoms with E-state index in [1.54, 1.807) is 24.3 Å². The van der Waals surface area contributed by atoms with E-state index >= 15 is 0 Å². The number of amides is 2. The van der Waals surface area contributed by atoms with Crippen LogP contribution in [0, 0.1) is 13.8 Å². The Bertz CT molecular complexity index is 818. The largest absolute Gasteiger partial charge is 0.294 e. The van der Waals surface area contributed by atoms with Crippen molar-refractivity contribution in [2.45, 2.75) is 26.7 Å². The lowest BCUT2D eigenvalue weighted by atomic mass is 10.0. The molecular weight excluding hydrogens is 340 g/mol. The van der Waals surface area contributed by atoms with Crippen LogP contribution >= 0.6 is 11.6 Å². The average Bonchev–Trinajstić information content (AvgIpc) is 2.59. The second kappa shape index (κ2) is 8.44. The first-order valence-corrected chi connectivity index (χ1v) is 8.20. The molecule has 6 heteroatoms. The van der Waals surface area contributed by atoms with Gasteiger partial charge in [0.25, 0.3) is 5.91 Å². The second-order valence-corrected chi connectivity index (χ2v) is 6.17. The van der Waals surface area contributed by atoms with E-state index in [9.17, 15) is 14.4 Å². The van der Waals surface area contributed by atoms with Gasteiger partial charge in [-0.25, -0.2) is 0 Å². The highest BCUT2D eigenvalue weighted by atomic mass is 35.5. The zero-order valence-electron chi connectivity index (χ0n) is 14.1. The summed E-state index contributed by atoms with van der Waals surface area (Å²) in [6.45, 7) is 3.91. The molecule has 2 N–H and O–H groups in total. The Morgan fingerprint density at radius 1 is 0.880 bits per heavy atom. The first-order chi connectivity index (χ1) is 11.9. The molecule has 2 rings (SSSR count). The summed E-state index contributed by atoms with van der Waals surface area (Å²) in [5.74, 6) is -1.02. The number of halogens is 1. The fraction of sp³-hybridized carbons (Fsp3) is 0.211. The highest BCUT2D eigenvalue weighted by molar-refractivity contribution is 6.30. The van der Waals surface area contributed by atoms with Crippen molar-refractivity contribution in [1.82, 2.24) is 10.9 Å². The number of rotatable bonds is 5. The Hall–Kier alpha value is -2.66. The number of nitrogens with one attached hydrogen (secondary N) is 2. The fourth-order valence-electron chi connectivity index (χ4n) is 2.18. The molecule has 0 heterocycles. The Morgan fingerprint density at radius 2 is 1.64 bits per heavy atom. The van der Waals surface area contributed by atoms with E-state index in [0.717, 1.165) is 11.1 Å². The molecule has 0 spiro atoms. The molecule has 0 unspecified atom stereocenters. The average molecular weight is 359 g/mol. The number of carbonyl (C=O) groups is 3. The Morgan fingerprint density at radius 3 is 2.32 bits per heavy atom. The van der Waals surface area contributed by atoms with Gasteiger partial charge in [0.05, 0.1) is 0 Å². The predicted molar refractivity (Wildman–Crippen MR) is 96.5 cm³/mol. The minimum Gasteiger partial charge on any atom is -0.294 e. The summed E-state index contributed by atoms with van der Waals surface area (Å²) in [4.78, 5) is 35.8. The first kappa shape index (κ1) is 18.7. The van der Waals surface area contributed by atoms with Crippen molar-refractivity contribution in [3.8, 4) is 0 Å². The summed E-state index contributed by atoms with van der Waals surface area (Å²) in [6.07, 6.45) is 0.0585. The third-order valence-corrected chi connectivity index (χ3v) is 4.05. The smallest absolute Gasteiger partial charge is 0.269 e. The molecule has 0 bridgehead atoms. The number of carbonyl (C=O) groups excluding carboxylic acids is 3. The van der Waals surface area contributed by atoms with E-state index in [1.165, 1.54) is 6.07 Å². The van der Waals surface area contributed by atoms with Gasteiger partial charge in [-0.1, -0.05) is 29.8 Å². The van der Waals surface area contributed by atoms with Crippen LogP contribution < -0.4 is 10.9 Å². The summed E-state index contributed by atoms with van der Waals surface area (Å²) >= 11 is 5.81. The van der Waals surface area contributed by atoms with E-state index < -0.39 is 11.8 Å². The summed E-state index contributed by atoms with van der Waals surface area (Å²) in [6, 6.07) is 11.8. The van der Waals surface area contributed by atoms with E-state index in [2.05, 4.69) is 10.9 Å². The van der Waals surface area contributed by atoms with E-state index in [4.69, 9.17) is 11.6 Å². The van der Waals surface area contributed by atoms with E-state index in [1.807, 2.05) is 26.0 Å². The van der Waals surface area contributed by atoms with Crippen LogP contribution in [0.2, 0.25) is 5.02 Å². The van der Waals surface area contributed by atoms with Crippen molar-refractivity contribution in [1.29, 1.82) is 0 Å². The number of Topliss-reactive ketones (excluding diaryl/α,β-unsaturated/α-hetero) is 1. The summed E-state index contributed by atoms with van der Waals surface area (Å²) in [5.41, 5.74) is 7.65. The summed E-state index contributed by atoms with van der Waals surface area (Å²) in [7, 11) is 0. The molecule has 0 aliphatic carbocycles. The molecule has 0 aromatic heterocycles. The predicted octanol–water partition coefficient (Wildman–Crippen LogP) is 3.38. The van der Waals surface area contributed by atoms with Gasteiger partial charge in [-0.05, 0) is 49.2 Å². The zero-order valence-corrected chi connectivity index (χ0v) is 14.8. The Labute approximate surface area is 151 Å². The number of ketones is 1. The van der Waals surface area contributed by atoms with Crippen molar-refractivity contribution in [2.24, 2.45) is 0 Å². The molecular formula is C19H19ClN2O3.